The minimum atomic E-state index is -3.66. The van der Waals surface area contributed by atoms with E-state index in [-0.39, 0.29) is 4.90 Å². The first-order chi connectivity index (χ1) is 9.44. The summed E-state index contributed by atoms with van der Waals surface area (Å²) >= 11 is 1.04. The fourth-order valence-electron chi connectivity index (χ4n) is 1.57. The molecule has 20 heavy (non-hydrogen) atoms. The van der Waals surface area contributed by atoms with Gasteiger partial charge in [0.2, 0.25) is 10.0 Å². The Hall–Kier alpha value is -1.57. The zero-order valence-electron chi connectivity index (χ0n) is 10.6. The first-order valence-electron chi connectivity index (χ1n) is 5.69. The molecule has 0 bridgehead atoms. The molecule has 0 aromatic heterocycles. The zero-order chi connectivity index (χ0) is 14.8. The highest BCUT2D eigenvalue weighted by Gasteiger charge is 2.18. The topological polar surface area (TPSA) is 72.2 Å². The lowest BCUT2D eigenvalue weighted by molar-refractivity contribution is 0.585. The summed E-state index contributed by atoms with van der Waals surface area (Å²) in [6.45, 7) is 0. The van der Waals surface area contributed by atoms with Crippen molar-refractivity contribution in [1.82, 2.24) is 4.72 Å². The molecule has 2 aromatic carbocycles. The summed E-state index contributed by atoms with van der Waals surface area (Å²) in [5.41, 5.74) is 5.96. The van der Waals surface area contributed by atoms with Gasteiger partial charge in [0.15, 0.2) is 0 Å². The number of nitrogens with one attached hydrogen (secondary N) is 1. The third kappa shape index (κ3) is 3.12. The number of rotatable bonds is 4. The van der Waals surface area contributed by atoms with Gasteiger partial charge in [-0.3, -0.25) is 0 Å². The molecule has 2 aromatic rings. The van der Waals surface area contributed by atoms with Gasteiger partial charge >= 0.3 is 0 Å². The van der Waals surface area contributed by atoms with E-state index in [1.807, 2.05) is 0 Å². The minimum Gasteiger partial charge on any atom is -0.399 e. The molecular weight excluding hydrogens is 299 g/mol. The molecule has 0 saturated carbocycles. The van der Waals surface area contributed by atoms with Crippen LogP contribution in [0.5, 0.6) is 0 Å². The van der Waals surface area contributed by atoms with Crippen molar-refractivity contribution in [2.75, 3.05) is 12.8 Å². The van der Waals surface area contributed by atoms with Crippen LogP contribution in [0.25, 0.3) is 0 Å². The summed E-state index contributed by atoms with van der Waals surface area (Å²) in [5, 5.41) is 0. The van der Waals surface area contributed by atoms with Gasteiger partial charge in [-0.1, -0.05) is 23.9 Å². The maximum absolute atomic E-state index is 13.7. The average Bonchev–Trinajstić information content (AvgIpc) is 2.43. The summed E-state index contributed by atoms with van der Waals surface area (Å²) in [6, 6.07) is 10.7. The van der Waals surface area contributed by atoms with Crippen LogP contribution >= 0.6 is 11.8 Å². The highest BCUT2D eigenvalue weighted by molar-refractivity contribution is 8.00. The van der Waals surface area contributed by atoms with Gasteiger partial charge in [-0.2, -0.15) is 0 Å². The van der Waals surface area contributed by atoms with Crippen molar-refractivity contribution in [2.45, 2.75) is 14.7 Å². The number of anilines is 1. The predicted octanol–water partition coefficient (Wildman–Crippen LogP) is 2.47. The van der Waals surface area contributed by atoms with E-state index in [1.165, 1.54) is 19.2 Å². The minimum absolute atomic E-state index is 0.0354. The van der Waals surface area contributed by atoms with Crippen LogP contribution in [-0.2, 0) is 10.0 Å². The Morgan fingerprint density at radius 2 is 1.85 bits per heavy atom. The molecule has 0 heterocycles. The Morgan fingerprint density at radius 1 is 1.15 bits per heavy atom. The fraction of sp³-hybridized carbons (Fsp3) is 0.0769. The Bertz CT molecular complexity index is 733. The van der Waals surface area contributed by atoms with Crippen LogP contribution in [0.1, 0.15) is 0 Å². The molecule has 0 atom stereocenters. The zero-order valence-corrected chi connectivity index (χ0v) is 12.3. The van der Waals surface area contributed by atoms with Crippen molar-refractivity contribution in [3.8, 4) is 0 Å². The molecule has 7 heteroatoms. The molecular formula is C13H13FN2O2S2. The van der Waals surface area contributed by atoms with E-state index >= 15 is 0 Å². The number of benzene rings is 2. The van der Waals surface area contributed by atoms with Crippen molar-refractivity contribution in [3.05, 3.63) is 48.3 Å². The van der Waals surface area contributed by atoms with E-state index < -0.39 is 15.8 Å². The lowest BCUT2D eigenvalue weighted by Gasteiger charge is -2.10. The van der Waals surface area contributed by atoms with Crippen LogP contribution in [0.15, 0.2) is 57.2 Å². The van der Waals surface area contributed by atoms with Crippen molar-refractivity contribution in [1.29, 1.82) is 0 Å². The van der Waals surface area contributed by atoms with Crippen LogP contribution in [0.2, 0.25) is 0 Å². The lowest BCUT2D eigenvalue weighted by atomic mass is 10.3. The molecule has 0 aliphatic carbocycles. The highest BCUT2D eigenvalue weighted by atomic mass is 32.2. The van der Waals surface area contributed by atoms with E-state index in [4.69, 9.17) is 5.73 Å². The molecule has 0 aliphatic heterocycles. The highest BCUT2D eigenvalue weighted by Crippen LogP contribution is 2.35. The Balaban J connectivity index is 2.50. The van der Waals surface area contributed by atoms with E-state index in [2.05, 4.69) is 4.72 Å². The molecule has 0 fully saturated rings. The van der Waals surface area contributed by atoms with Crippen LogP contribution in [0, 0.1) is 5.82 Å². The van der Waals surface area contributed by atoms with Gasteiger partial charge in [-0.25, -0.2) is 17.5 Å². The third-order valence-corrected chi connectivity index (χ3v) is 5.29. The van der Waals surface area contributed by atoms with Gasteiger partial charge < -0.3 is 5.73 Å². The number of hydrogen-bond donors (Lipinski definition) is 2. The van der Waals surface area contributed by atoms with Crippen molar-refractivity contribution in [3.63, 3.8) is 0 Å². The molecule has 106 valence electrons. The van der Waals surface area contributed by atoms with Gasteiger partial charge in [0.1, 0.15) is 5.82 Å². The van der Waals surface area contributed by atoms with Crippen LogP contribution in [0.3, 0.4) is 0 Å². The number of hydrogen-bond acceptors (Lipinski definition) is 4. The quantitative estimate of drug-likeness (QED) is 0.851. The monoisotopic (exact) mass is 312 g/mol. The van der Waals surface area contributed by atoms with E-state index in [1.54, 1.807) is 30.3 Å². The van der Waals surface area contributed by atoms with Crippen LogP contribution in [0.4, 0.5) is 10.1 Å². The maximum atomic E-state index is 13.7. The Morgan fingerprint density at radius 3 is 2.50 bits per heavy atom. The summed E-state index contributed by atoms with van der Waals surface area (Å²) in [6.07, 6.45) is 0. The molecule has 0 amide bonds. The Labute approximate surface area is 121 Å². The van der Waals surface area contributed by atoms with Crippen LogP contribution < -0.4 is 10.5 Å². The third-order valence-electron chi connectivity index (χ3n) is 2.58. The summed E-state index contributed by atoms with van der Waals surface area (Å²) in [4.78, 5) is 0.803. The normalized spacial score (nSPS) is 11.5. The first-order valence-corrected chi connectivity index (χ1v) is 7.99. The second kappa shape index (κ2) is 5.82. The second-order valence-corrected chi connectivity index (χ2v) is 6.88. The standard InChI is InChI=1S/C13H13FN2O2S2/c1-16-20(17,18)13-8-9(15)6-7-12(13)19-11-5-3-2-4-10(11)14/h2-8,16H,15H2,1H3. The molecule has 4 nitrogen and oxygen atoms in total. The van der Waals surface area contributed by atoms with Crippen molar-refractivity contribution < 1.29 is 12.8 Å². The average molecular weight is 312 g/mol. The van der Waals surface area contributed by atoms with Gasteiger partial charge in [0.05, 0.1) is 4.90 Å². The van der Waals surface area contributed by atoms with Crippen molar-refractivity contribution >= 4 is 27.5 Å². The summed E-state index contributed by atoms with van der Waals surface area (Å²) in [7, 11) is -2.34. The van der Waals surface area contributed by atoms with Gasteiger partial charge in [-0.15, -0.1) is 0 Å². The van der Waals surface area contributed by atoms with E-state index in [9.17, 15) is 12.8 Å². The molecule has 2 rings (SSSR count). The molecule has 0 aliphatic rings. The van der Waals surface area contributed by atoms with Gasteiger partial charge in [0, 0.05) is 15.5 Å². The lowest BCUT2D eigenvalue weighted by Crippen LogP contribution is -2.19. The smallest absolute Gasteiger partial charge is 0.241 e. The summed E-state index contributed by atoms with van der Waals surface area (Å²) < 4.78 is 39.8. The molecule has 0 radical (unpaired) electrons. The molecule has 0 saturated heterocycles. The number of sulfonamides is 1. The molecule has 0 spiro atoms. The number of nitrogens with two attached hydrogens (primary N) is 1. The van der Waals surface area contributed by atoms with Crippen molar-refractivity contribution in [2.24, 2.45) is 0 Å². The number of nitrogen functional groups attached to an aromatic ring is 1. The second-order valence-electron chi connectivity index (χ2n) is 3.95. The largest absolute Gasteiger partial charge is 0.399 e. The predicted molar refractivity (Wildman–Crippen MR) is 77.6 cm³/mol. The van der Waals surface area contributed by atoms with Gasteiger partial charge in [-0.05, 0) is 37.4 Å². The maximum Gasteiger partial charge on any atom is 0.241 e. The van der Waals surface area contributed by atoms with E-state index in [0.717, 1.165) is 11.8 Å². The van der Waals surface area contributed by atoms with Crippen LogP contribution in [-0.4, -0.2) is 15.5 Å². The molecule has 0 unspecified atom stereocenters. The summed E-state index contributed by atoms with van der Waals surface area (Å²) in [5.74, 6) is -0.401. The SMILES string of the molecule is CNS(=O)(=O)c1cc(N)ccc1Sc1ccccc1F. The fourth-order valence-corrected chi connectivity index (χ4v) is 3.72. The van der Waals surface area contributed by atoms with E-state index in [0.29, 0.717) is 15.5 Å². The number of halogens is 1. The first kappa shape index (κ1) is 14.8. The molecule has 3 N–H and O–H groups in total. The van der Waals surface area contributed by atoms with Gasteiger partial charge in [0.25, 0.3) is 0 Å². The Kier molecular flexibility index (Phi) is 4.32.